The molecule has 0 unspecified atom stereocenters. The van der Waals surface area contributed by atoms with E-state index in [1.807, 2.05) is 32.0 Å². The van der Waals surface area contributed by atoms with E-state index in [1.54, 1.807) is 19.1 Å². The third kappa shape index (κ3) is 3.93. The van der Waals surface area contributed by atoms with Crippen LogP contribution in [0.5, 0.6) is 11.5 Å². The smallest absolute Gasteiger partial charge is 0.319 e. The van der Waals surface area contributed by atoms with Crippen molar-refractivity contribution < 1.29 is 19.4 Å². The number of nitrogens with one attached hydrogen (secondary N) is 3. The first-order chi connectivity index (χ1) is 13.3. The Morgan fingerprint density at radius 1 is 1.11 bits per heavy atom. The van der Waals surface area contributed by atoms with Gasteiger partial charge in [0, 0.05) is 11.4 Å². The normalized spacial score (nSPS) is 16.3. The number of aromatic hydroxyl groups is 1. The number of phenols is 1. The lowest BCUT2D eigenvalue weighted by atomic mass is 9.94. The highest BCUT2D eigenvalue weighted by molar-refractivity contribution is 6.06. The summed E-state index contributed by atoms with van der Waals surface area (Å²) in [6.45, 7) is 5.60. The first-order valence-electron chi connectivity index (χ1n) is 8.83. The fraction of sp³-hybridized carbons (Fsp3) is 0.238. The topological polar surface area (TPSA) is 99.7 Å². The molecule has 7 heteroatoms. The molecule has 0 fully saturated rings. The number of benzene rings is 2. The molecular weight excluding hydrogens is 358 g/mol. The van der Waals surface area contributed by atoms with Crippen molar-refractivity contribution in [1.29, 1.82) is 0 Å². The molecule has 4 N–H and O–H groups in total. The zero-order chi connectivity index (χ0) is 20.4. The maximum atomic E-state index is 13.1. The number of aryl methyl sites for hydroxylation is 2. The SMILES string of the molecule is COc1cc([C@@H]2NC(=O)NC(C)=C2C(=O)Nc2cc(C)cc(C)c2)ccc1O. The Morgan fingerprint density at radius 3 is 2.43 bits per heavy atom. The summed E-state index contributed by atoms with van der Waals surface area (Å²) in [6.07, 6.45) is 0. The Hall–Kier alpha value is -3.48. The van der Waals surface area contributed by atoms with Gasteiger partial charge in [0.1, 0.15) is 0 Å². The van der Waals surface area contributed by atoms with Crippen LogP contribution in [-0.2, 0) is 4.79 Å². The molecule has 7 nitrogen and oxygen atoms in total. The molecule has 0 bridgehead atoms. The molecule has 1 aliphatic rings. The monoisotopic (exact) mass is 381 g/mol. The van der Waals surface area contributed by atoms with Gasteiger partial charge in [-0.15, -0.1) is 0 Å². The number of ether oxygens (including phenoxy) is 1. The van der Waals surface area contributed by atoms with Gasteiger partial charge in [0.2, 0.25) is 0 Å². The van der Waals surface area contributed by atoms with Crippen LogP contribution in [-0.4, -0.2) is 24.2 Å². The Bertz CT molecular complexity index is 961. The van der Waals surface area contributed by atoms with E-state index in [2.05, 4.69) is 16.0 Å². The van der Waals surface area contributed by atoms with Gasteiger partial charge in [-0.1, -0.05) is 12.1 Å². The Morgan fingerprint density at radius 2 is 1.79 bits per heavy atom. The van der Waals surface area contributed by atoms with E-state index < -0.39 is 12.1 Å². The van der Waals surface area contributed by atoms with Crippen LogP contribution in [0.1, 0.15) is 29.7 Å². The number of allylic oxidation sites excluding steroid dienone is 1. The van der Waals surface area contributed by atoms with Crippen LogP contribution in [0.25, 0.3) is 0 Å². The lowest BCUT2D eigenvalue weighted by Gasteiger charge is -2.29. The van der Waals surface area contributed by atoms with Gasteiger partial charge in [-0.25, -0.2) is 4.79 Å². The van der Waals surface area contributed by atoms with E-state index in [9.17, 15) is 14.7 Å². The van der Waals surface area contributed by atoms with Gasteiger partial charge >= 0.3 is 6.03 Å². The molecule has 1 atom stereocenters. The van der Waals surface area contributed by atoms with Crippen LogP contribution < -0.4 is 20.7 Å². The predicted molar refractivity (Wildman–Crippen MR) is 106 cm³/mol. The van der Waals surface area contributed by atoms with Gasteiger partial charge in [-0.3, -0.25) is 4.79 Å². The first kappa shape index (κ1) is 19.3. The van der Waals surface area contributed by atoms with Crippen LogP contribution in [0.2, 0.25) is 0 Å². The van der Waals surface area contributed by atoms with E-state index in [0.29, 0.717) is 22.5 Å². The van der Waals surface area contributed by atoms with Gasteiger partial charge in [-0.05, 0) is 61.7 Å². The van der Waals surface area contributed by atoms with E-state index in [-0.39, 0.29) is 17.4 Å². The van der Waals surface area contributed by atoms with Crippen LogP contribution in [0.3, 0.4) is 0 Å². The molecule has 0 spiro atoms. The lowest BCUT2D eigenvalue weighted by molar-refractivity contribution is -0.113. The van der Waals surface area contributed by atoms with Crippen molar-refractivity contribution in [2.24, 2.45) is 0 Å². The van der Waals surface area contributed by atoms with Crippen LogP contribution >= 0.6 is 0 Å². The molecule has 2 aromatic carbocycles. The van der Waals surface area contributed by atoms with Crippen molar-refractivity contribution >= 4 is 17.6 Å². The summed E-state index contributed by atoms with van der Waals surface area (Å²) >= 11 is 0. The molecule has 3 rings (SSSR count). The highest BCUT2D eigenvalue weighted by atomic mass is 16.5. The van der Waals surface area contributed by atoms with Gasteiger partial charge < -0.3 is 25.8 Å². The fourth-order valence-corrected chi connectivity index (χ4v) is 3.36. The number of carbonyl (C=O) groups is 2. The average molecular weight is 381 g/mol. The summed E-state index contributed by atoms with van der Waals surface area (Å²) in [5.41, 5.74) is 4.22. The van der Waals surface area contributed by atoms with Crippen molar-refractivity contribution in [3.8, 4) is 11.5 Å². The molecule has 0 aromatic heterocycles. The molecule has 3 amide bonds. The predicted octanol–water partition coefficient (Wildman–Crippen LogP) is 3.28. The summed E-state index contributed by atoms with van der Waals surface area (Å²) in [7, 11) is 1.44. The first-order valence-corrected chi connectivity index (χ1v) is 8.83. The Balaban J connectivity index is 1.98. The van der Waals surface area contributed by atoms with E-state index in [0.717, 1.165) is 11.1 Å². The number of phenolic OH excluding ortho intramolecular Hbond substituents is 1. The molecule has 0 radical (unpaired) electrons. The Labute approximate surface area is 163 Å². The second-order valence-corrected chi connectivity index (χ2v) is 6.83. The third-order valence-corrected chi connectivity index (χ3v) is 4.53. The lowest BCUT2D eigenvalue weighted by Crippen LogP contribution is -2.46. The second-order valence-electron chi connectivity index (χ2n) is 6.83. The van der Waals surface area contributed by atoms with E-state index in [4.69, 9.17) is 4.74 Å². The molecule has 2 aromatic rings. The number of urea groups is 1. The highest BCUT2D eigenvalue weighted by Crippen LogP contribution is 2.33. The van der Waals surface area contributed by atoms with Gasteiger partial charge in [-0.2, -0.15) is 0 Å². The van der Waals surface area contributed by atoms with E-state index >= 15 is 0 Å². The molecule has 0 aliphatic carbocycles. The Kier molecular flexibility index (Phi) is 5.26. The number of hydrogen-bond acceptors (Lipinski definition) is 4. The molecule has 1 heterocycles. The van der Waals surface area contributed by atoms with E-state index in [1.165, 1.54) is 13.2 Å². The van der Waals surface area contributed by atoms with Gasteiger partial charge in [0.05, 0.1) is 18.7 Å². The summed E-state index contributed by atoms with van der Waals surface area (Å²) in [5, 5.41) is 18.2. The van der Waals surface area contributed by atoms with Crippen LogP contribution in [0, 0.1) is 13.8 Å². The number of carbonyl (C=O) groups excluding carboxylic acids is 2. The summed E-state index contributed by atoms with van der Waals surface area (Å²) in [5.74, 6) is -0.0857. The summed E-state index contributed by atoms with van der Waals surface area (Å²) in [4.78, 5) is 25.1. The molecule has 28 heavy (non-hydrogen) atoms. The molecular formula is C21H23N3O4. The largest absolute Gasteiger partial charge is 0.504 e. The van der Waals surface area contributed by atoms with Crippen LogP contribution in [0.4, 0.5) is 10.5 Å². The summed E-state index contributed by atoms with van der Waals surface area (Å²) in [6, 6.07) is 9.41. The van der Waals surface area contributed by atoms with Gasteiger partial charge in [0.25, 0.3) is 5.91 Å². The number of hydrogen-bond donors (Lipinski definition) is 4. The van der Waals surface area contributed by atoms with Crippen LogP contribution in [0.15, 0.2) is 47.7 Å². The minimum absolute atomic E-state index is 0.0200. The third-order valence-electron chi connectivity index (χ3n) is 4.53. The highest BCUT2D eigenvalue weighted by Gasteiger charge is 2.31. The number of methoxy groups -OCH3 is 1. The molecule has 146 valence electrons. The van der Waals surface area contributed by atoms with Crippen molar-refractivity contribution in [2.45, 2.75) is 26.8 Å². The zero-order valence-corrected chi connectivity index (χ0v) is 16.2. The standard InChI is InChI=1S/C21H23N3O4/c1-11-7-12(2)9-15(8-11)23-20(26)18-13(3)22-21(27)24-19(18)14-5-6-16(25)17(10-14)28-4/h5-10,19,25H,1-4H3,(H,23,26)(H2,22,24,27)/t19-/m0/s1. The minimum atomic E-state index is -0.686. The minimum Gasteiger partial charge on any atom is -0.504 e. The maximum Gasteiger partial charge on any atom is 0.319 e. The number of anilines is 1. The van der Waals surface area contributed by atoms with Crippen molar-refractivity contribution in [3.05, 3.63) is 64.4 Å². The van der Waals surface area contributed by atoms with Gasteiger partial charge in [0.15, 0.2) is 11.5 Å². The molecule has 1 aliphatic heterocycles. The second kappa shape index (κ2) is 7.64. The number of rotatable bonds is 4. The van der Waals surface area contributed by atoms with Crippen molar-refractivity contribution in [2.75, 3.05) is 12.4 Å². The molecule has 0 saturated heterocycles. The quantitative estimate of drug-likeness (QED) is 0.653. The fourth-order valence-electron chi connectivity index (χ4n) is 3.36. The van der Waals surface area contributed by atoms with Crippen molar-refractivity contribution in [1.82, 2.24) is 10.6 Å². The average Bonchev–Trinajstić information content (AvgIpc) is 2.60. The number of amides is 3. The zero-order valence-electron chi connectivity index (χ0n) is 16.2. The molecule has 0 saturated carbocycles. The van der Waals surface area contributed by atoms with Crippen molar-refractivity contribution in [3.63, 3.8) is 0 Å². The summed E-state index contributed by atoms with van der Waals surface area (Å²) < 4.78 is 5.15. The maximum absolute atomic E-state index is 13.1.